The second kappa shape index (κ2) is 6.80. The summed E-state index contributed by atoms with van der Waals surface area (Å²) in [5.41, 5.74) is 6.31. The van der Waals surface area contributed by atoms with Gasteiger partial charge in [0.25, 0.3) is 5.91 Å². The molecule has 1 aliphatic carbocycles. The van der Waals surface area contributed by atoms with Gasteiger partial charge in [-0.2, -0.15) is 0 Å². The molecule has 1 saturated carbocycles. The van der Waals surface area contributed by atoms with E-state index in [1.54, 1.807) is 12.1 Å². The van der Waals surface area contributed by atoms with Crippen molar-refractivity contribution in [2.45, 2.75) is 32.2 Å². The molecule has 0 aromatic heterocycles. The topological polar surface area (TPSA) is 75.8 Å². The maximum atomic E-state index is 12.7. The fraction of sp³-hybridized carbons (Fsp3) is 0.562. The predicted molar refractivity (Wildman–Crippen MR) is 81.6 cm³/mol. The zero-order valence-electron chi connectivity index (χ0n) is 12.7. The van der Waals surface area contributed by atoms with E-state index in [0.717, 1.165) is 19.3 Å². The molecule has 116 valence electrons. The third-order valence-electron chi connectivity index (χ3n) is 4.35. The van der Waals surface area contributed by atoms with Crippen LogP contribution in [0.3, 0.4) is 0 Å². The summed E-state index contributed by atoms with van der Waals surface area (Å²) in [6.07, 6.45) is 3.20. The summed E-state index contributed by atoms with van der Waals surface area (Å²) in [6, 6.07) is 4.98. The van der Waals surface area contributed by atoms with Crippen LogP contribution in [-0.4, -0.2) is 42.2 Å². The predicted octanol–water partition coefficient (Wildman–Crippen LogP) is 1.99. The van der Waals surface area contributed by atoms with E-state index >= 15 is 0 Å². The SMILES string of the molecule is CCN(C(=O)c1ccc(OC)c(O)c1)C1CCCC1CN. The average Bonchev–Trinajstić information content (AvgIpc) is 2.96. The van der Waals surface area contributed by atoms with E-state index in [4.69, 9.17) is 10.5 Å². The number of amides is 1. The minimum atomic E-state index is -0.0548. The molecule has 2 rings (SSSR count). The smallest absolute Gasteiger partial charge is 0.254 e. The summed E-state index contributed by atoms with van der Waals surface area (Å²) in [6.45, 7) is 3.24. The number of methoxy groups -OCH3 is 1. The van der Waals surface area contributed by atoms with Crippen LogP contribution in [0.1, 0.15) is 36.5 Å². The van der Waals surface area contributed by atoms with Gasteiger partial charge < -0.3 is 20.5 Å². The third kappa shape index (κ3) is 3.13. The van der Waals surface area contributed by atoms with Crippen molar-refractivity contribution in [1.82, 2.24) is 4.90 Å². The van der Waals surface area contributed by atoms with Crippen LogP contribution in [0.15, 0.2) is 18.2 Å². The first-order valence-corrected chi connectivity index (χ1v) is 7.50. The Morgan fingerprint density at radius 3 is 2.81 bits per heavy atom. The summed E-state index contributed by atoms with van der Waals surface area (Å²) < 4.78 is 5.01. The van der Waals surface area contributed by atoms with Crippen molar-refractivity contribution < 1.29 is 14.6 Å². The lowest BCUT2D eigenvalue weighted by atomic mass is 10.0. The lowest BCUT2D eigenvalue weighted by Gasteiger charge is -2.32. The average molecular weight is 292 g/mol. The highest BCUT2D eigenvalue weighted by Crippen LogP contribution is 2.31. The van der Waals surface area contributed by atoms with Crippen molar-refractivity contribution in [2.75, 3.05) is 20.2 Å². The molecule has 0 aliphatic heterocycles. The molecule has 1 aromatic carbocycles. The Morgan fingerprint density at radius 1 is 1.48 bits per heavy atom. The molecule has 1 fully saturated rings. The molecule has 2 atom stereocenters. The first-order valence-electron chi connectivity index (χ1n) is 7.50. The van der Waals surface area contributed by atoms with Crippen LogP contribution < -0.4 is 10.5 Å². The molecule has 21 heavy (non-hydrogen) atoms. The van der Waals surface area contributed by atoms with E-state index in [2.05, 4.69) is 0 Å². The Hall–Kier alpha value is -1.75. The van der Waals surface area contributed by atoms with Gasteiger partial charge in [-0.3, -0.25) is 4.79 Å². The Labute approximate surface area is 125 Å². The van der Waals surface area contributed by atoms with Crippen molar-refractivity contribution in [3.63, 3.8) is 0 Å². The number of carbonyl (C=O) groups excluding carboxylic acids is 1. The summed E-state index contributed by atoms with van der Waals surface area (Å²) in [5, 5.41) is 9.84. The zero-order chi connectivity index (χ0) is 15.4. The number of hydrogen-bond acceptors (Lipinski definition) is 4. The van der Waals surface area contributed by atoms with Gasteiger partial charge >= 0.3 is 0 Å². The van der Waals surface area contributed by atoms with Crippen LogP contribution in [0.2, 0.25) is 0 Å². The molecule has 0 radical (unpaired) electrons. The van der Waals surface area contributed by atoms with Crippen molar-refractivity contribution in [2.24, 2.45) is 11.7 Å². The molecular formula is C16H24N2O3. The molecule has 0 spiro atoms. The van der Waals surface area contributed by atoms with Gasteiger partial charge in [0.1, 0.15) is 0 Å². The lowest BCUT2D eigenvalue weighted by Crippen LogP contribution is -2.44. The monoisotopic (exact) mass is 292 g/mol. The number of aromatic hydroxyl groups is 1. The van der Waals surface area contributed by atoms with Gasteiger partial charge in [-0.25, -0.2) is 0 Å². The largest absolute Gasteiger partial charge is 0.504 e. The summed E-state index contributed by atoms with van der Waals surface area (Å²) in [5.74, 6) is 0.679. The molecule has 5 heteroatoms. The van der Waals surface area contributed by atoms with Crippen LogP contribution in [0.4, 0.5) is 0 Å². The molecule has 1 aromatic rings. The van der Waals surface area contributed by atoms with Crippen molar-refractivity contribution in [3.8, 4) is 11.5 Å². The third-order valence-corrected chi connectivity index (χ3v) is 4.35. The second-order valence-corrected chi connectivity index (χ2v) is 5.47. The number of rotatable bonds is 5. The maximum absolute atomic E-state index is 12.7. The molecule has 1 aliphatic rings. The Bertz CT molecular complexity index is 504. The highest BCUT2D eigenvalue weighted by Gasteiger charge is 2.33. The number of ether oxygens (including phenoxy) is 1. The van der Waals surface area contributed by atoms with E-state index in [9.17, 15) is 9.90 Å². The lowest BCUT2D eigenvalue weighted by molar-refractivity contribution is 0.0651. The van der Waals surface area contributed by atoms with Gasteiger partial charge in [0.2, 0.25) is 0 Å². The summed E-state index contributed by atoms with van der Waals surface area (Å²) in [7, 11) is 1.49. The van der Waals surface area contributed by atoms with Crippen molar-refractivity contribution >= 4 is 5.91 Å². The number of carbonyl (C=O) groups is 1. The maximum Gasteiger partial charge on any atom is 0.254 e. The number of hydrogen-bond donors (Lipinski definition) is 2. The van der Waals surface area contributed by atoms with Gasteiger partial charge in [-0.15, -0.1) is 0 Å². The fourth-order valence-corrected chi connectivity index (χ4v) is 3.22. The number of phenolic OH excluding ortho intramolecular Hbond substituents is 1. The van der Waals surface area contributed by atoms with Crippen LogP contribution in [0.25, 0.3) is 0 Å². The normalized spacial score (nSPS) is 21.3. The summed E-state index contributed by atoms with van der Waals surface area (Å²) >= 11 is 0. The van der Waals surface area contributed by atoms with Gasteiger partial charge in [0.15, 0.2) is 11.5 Å². The second-order valence-electron chi connectivity index (χ2n) is 5.47. The van der Waals surface area contributed by atoms with Gasteiger partial charge in [-0.05, 0) is 50.4 Å². The van der Waals surface area contributed by atoms with Crippen LogP contribution in [0.5, 0.6) is 11.5 Å². The Balaban J connectivity index is 2.22. The molecule has 0 bridgehead atoms. The molecule has 3 N–H and O–H groups in total. The highest BCUT2D eigenvalue weighted by atomic mass is 16.5. The van der Waals surface area contributed by atoms with Crippen molar-refractivity contribution in [1.29, 1.82) is 0 Å². The zero-order valence-corrected chi connectivity index (χ0v) is 12.7. The first-order chi connectivity index (χ1) is 10.1. The first kappa shape index (κ1) is 15.6. The molecule has 2 unspecified atom stereocenters. The van der Waals surface area contributed by atoms with E-state index in [0.29, 0.717) is 30.3 Å². The molecule has 1 amide bonds. The number of nitrogens with zero attached hydrogens (tertiary/aromatic N) is 1. The number of nitrogens with two attached hydrogens (primary N) is 1. The molecule has 0 saturated heterocycles. The van der Waals surface area contributed by atoms with E-state index in [1.807, 2.05) is 11.8 Å². The van der Waals surface area contributed by atoms with E-state index in [1.165, 1.54) is 13.2 Å². The molecule has 5 nitrogen and oxygen atoms in total. The van der Waals surface area contributed by atoms with Gasteiger partial charge in [-0.1, -0.05) is 6.42 Å². The molecular weight excluding hydrogens is 268 g/mol. The number of benzene rings is 1. The van der Waals surface area contributed by atoms with Gasteiger partial charge in [0.05, 0.1) is 7.11 Å². The fourth-order valence-electron chi connectivity index (χ4n) is 3.22. The van der Waals surface area contributed by atoms with Crippen LogP contribution in [-0.2, 0) is 0 Å². The van der Waals surface area contributed by atoms with Crippen LogP contribution >= 0.6 is 0 Å². The minimum Gasteiger partial charge on any atom is -0.504 e. The van der Waals surface area contributed by atoms with Crippen LogP contribution in [0, 0.1) is 5.92 Å². The van der Waals surface area contributed by atoms with Gasteiger partial charge in [0, 0.05) is 18.2 Å². The number of phenols is 1. The van der Waals surface area contributed by atoms with Crippen molar-refractivity contribution in [3.05, 3.63) is 23.8 Å². The standard InChI is InChI=1S/C16H24N2O3/c1-3-18(13-6-4-5-12(13)10-17)16(20)11-7-8-15(21-2)14(19)9-11/h7-9,12-13,19H,3-6,10,17H2,1-2H3. The minimum absolute atomic E-state index is 0.0128. The van der Waals surface area contributed by atoms with E-state index < -0.39 is 0 Å². The molecule has 0 heterocycles. The quantitative estimate of drug-likeness (QED) is 0.870. The highest BCUT2D eigenvalue weighted by molar-refractivity contribution is 5.95. The van der Waals surface area contributed by atoms with E-state index in [-0.39, 0.29) is 17.7 Å². The summed E-state index contributed by atoms with van der Waals surface area (Å²) in [4.78, 5) is 14.6. The Kier molecular flexibility index (Phi) is 5.07. The Morgan fingerprint density at radius 2 is 2.24 bits per heavy atom.